The highest BCUT2D eigenvalue weighted by Gasteiger charge is 2.51. The first kappa shape index (κ1) is 10.8. The minimum atomic E-state index is -0.953. The van der Waals surface area contributed by atoms with Gasteiger partial charge in [0, 0.05) is 12.0 Å². The molecule has 3 heteroatoms. The van der Waals surface area contributed by atoms with E-state index in [-0.39, 0.29) is 5.97 Å². The first-order chi connectivity index (χ1) is 9.29. The highest BCUT2D eigenvalue weighted by Crippen LogP contribution is 2.44. The molecule has 2 heterocycles. The van der Waals surface area contributed by atoms with Crippen molar-refractivity contribution in [2.45, 2.75) is 18.6 Å². The highest BCUT2D eigenvalue weighted by atomic mass is 16.6. The van der Waals surface area contributed by atoms with E-state index >= 15 is 0 Å². The number of fused-ring (bicyclic) bond motifs is 3. The maximum atomic E-state index is 12.4. The Kier molecular flexibility index (Phi) is 2.09. The van der Waals surface area contributed by atoms with Crippen molar-refractivity contribution in [3.63, 3.8) is 0 Å². The number of rotatable bonds is 0. The normalized spacial score (nSPS) is 23.9. The summed E-state index contributed by atoms with van der Waals surface area (Å²) < 4.78 is 11.3. The van der Waals surface area contributed by atoms with E-state index < -0.39 is 5.60 Å². The monoisotopic (exact) mass is 252 g/mol. The van der Waals surface area contributed by atoms with Crippen LogP contribution >= 0.6 is 0 Å². The van der Waals surface area contributed by atoms with Crippen LogP contribution in [-0.4, -0.2) is 5.97 Å². The van der Waals surface area contributed by atoms with E-state index in [1.54, 1.807) is 0 Å². The lowest BCUT2D eigenvalue weighted by molar-refractivity contribution is -0.165. The molecule has 0 aromatic heterocycles. The molecule has 2 aliphatic rings. The summed E-state index contributed by atoms with van der Waals surface area (Å²) in [5, 5.41) is 0. The maximum absolute atomic E-state index is 12.4. The SMILES string of the molecule is O=C1Oc2ccccc2CC12OCc1ccccc12. The van der Waals surface area contributed by atoms with Crippen molar-refractivity contribution in [1.82, 2.24) is 0 Å². The minimum absolute atomic E-state index is 0.309. The lowest BCUT2D eigenvalue weighted by Crippen LogP contribution is -2.44. The van der Waals surface area contributed by atoms with Gasteiger partial charge in [-0.25, -0.2) is 4.79 Å². The molecule has 1 unspecified atom stereocenters. The zero-order valence-electron chi connectivity index (χ0n) is 10.3. The number of hydrogen-bond acceptors (Lipinski definition) is 3. The van der Waals surface area contributed by atoms with Gasteiger partial charge in [-0.3, -0.25) is 0 Å². The number of para-hydroxylation sites is 1. The summed E-state index contributed by atoms with van der Waals surface area (Å²) in [4.78, 5) is 12.4. The third-order valence-electron chi connectivity index (χ3n) is 3.87. The van der Waals surface area contributed by atoms with Gasteiger partial charge in [-0.15, -0.1) is 0 Å². The summed E-state index contributed by atoms with van der Waals surface area (Å²) in [6.07, 6.45) is 0.541. The number of carbonyl (C=O) groups is 1. The fourth-order valence-corrected chi connectivity index (χ4v) is 2.91. The summed E-state index contributed by atoms with van der Waals surface area (Å²) in [6.45, 7) is 0.466. The molecule has 2 aromatic carbocycles. The summed E-state index contributed by atoms with van der Waals surface area (Å²) in [5.41, 5.74) is 2.07. The van der Waals surface area contributed by atoms with Crippen molar-refractivity contribution in [2.75, 3.05) is 0 Å². The van der Waals surface area contributed by atoms with Crippen LogP contribution < -0.4 is 4.74 Å². The molecule has 0 saturated heterocycles. The summed E-state index contributed by atoms with van der Waals surface area (Å²) >= 11 is 0. The Hall–Kier alpha value is -2.13. The third-order valence-corrected chi connectivity index (χ3v) is 3.87. The Morgan fingerprint density at radius 1 is 0.947 bits per heavy atom. The quantitative estimate of drug-likeness (QED) is 0.534. The van der Waals surface area contributed by atoms with Crippen molar-refractivity contribution in [2.24, 2.45) is 0 Å². The molecule has 19 heavy (non-hydrogen) atoms. The van der Waals surface area contributed by atoms with Crippen molar-refractivity contribution >= 4 is 5.97 Å². The molecule has 2 aromatic rings. The number of esters is 1. The smallest absolute Gasteiger partial charge is 0.348 e. The molecule has 94 valence electrons. The first-order valence-corrected chi connectivity index (χ1v) is 6.32. The van der Waals surface area contributed by atoms with Crippen molar-refractivity contribution in [3.05, 3.63) is 65.2 Å². The van der Waals surface area contributed by atoms with Crippen LogP contribution in [0.2, 0.25) is 0 Å². The fraction of sp³-hybridized carbons (Fsp3) is 0.188. The number of carbonyl (C=O) groups excluding carboxylic acids is 1. The number of benzene rings is 2. The van der Waals surface area contributed by atoms with Crippen LogP contribution in [0.15, 0.2) is 48.5 Å². The Bertz CT molecular complexity index is 677. The van der Waals surface area contributed by atoms with E-state index in [9.17, 15) is 4.79 Å². The van der Waals surface area contributed by atoms with E-state index in [2.05, 4.69) is 0 Å². The van der Waals surface area contributed by atoms with Gasteiger partial charge in [0.2, 0.25) is 0 Å². The summed E-state index contributed by atoms with van der Waals surface area (Å²) in [7, 11) is 0. The highest BCUT2D eigenvalue weighted by molar-refractivity contribution is 5.87. The topological polar surface area (TPSA) is 35.5 Å². The fourth-order valence-electron chi connectivity index (χ4n) is 2.91. The molecular formula is C16H12O3. The van der Waals surface area contributed by atoms with Crippen molar-refractivity contribution < 1.29 is 14.3 Å². The van der Waals surface area contributed by atoms with Gasteiger partial charge < -0.3 is 9.47 Å². The van der Waals surface area contributed by atoms with Gasteiger partial charge in [-0.2, -0.15) is 0 Å². The van der Waals surface area contributed by atoms with E-state index in [0.29, 0.717) is 18.8 Å². The van der Waals surface area contributed by atoms with Crippen LogP contribution in [0.5, 0.6) is 5.75 Å². The van der Waals surface area contributed by atoms with Crippen LogP contribution in [0.1, 0.15) is 16.7 Å². The van der Waals surface area contributed by atoms with Gasteiger partial charge in [-0.05, 0) is 17.2 Å². The minimum Gasteiger partial charge on any atom is -0.424 e. The average molecular weight is 252 g/mol. The second-order valence-corrected chi connectivity index (χ2v) is 4.95. The molecule has 0 amide bonds. The maximum Gasteiger partial charge on any atom is 0.348 e. The van der Waals surface area contributed by atoms with Gasteiger partial charge in [0.15, 0.2) is 5.60 Å². The van der Waals surface area contributed by atoms with Crippen molar-refractivity contribution in [1.29, 1.82) is 0 Å². The predicted molar refractivity (Wildman–Crippen MR) is 68.7 cm³/mol. The standard InChI is InChI=1S/C16H12O3/c17-15-16(9-11-5-2-4-8-14(11)19-15)13-7-3-1-6-12(13)10-18-16/h1-8H,9-10H2. The van der Waals surface area contributed by atoms with E-state index in [0.717, 1.165) is 16.7 Å². The third kappa shape index (κ3) is 1.39. The van der Waals surface area contributed by atoms with Gasteiger partial charge in [-0.1, -0.05) is 42.5 Å². The Labute approximate surface area is 110 Å². The molecule has 2 aliphatic heterocycles. The Morgan fingerprint density at radius 3 is 2.58 bits per heavy atom. The zero-order valence-corrected chi connectivity index (χ0v) is 10.3. The molecule has 4 rings (SSSR count). The molecule has 0 aliphatic carbocycles. The molecule has 0 fully saturated rings. The number of hydrogen-bond donors (Lipinski definition) is 0. The first-order valence-electron chi connectivity index (χ1n) is 6.32. The zero-order chi connectivity index (χ0) is 12.9. The second kappa shape index (κ2) is 3.68. The Morgan fingerprint density at radius 2 is 1.68 bits per heavy atom. The molecule has 1 spiro atoms. The lowest BCUT2D eigenvalue weighted by atomic mass is 9.84. The van der Waals surface area contributed by atoms with Crippen LogP contribution in [0, 0.1) is 0 Å². The summed E-state index contributed by atoms with van der Waals surface area (Å²) in [6, 6.07) is 15.5. The molecular weight excluding hydrogens is 240 g/mol. The predicted octanol–water partition coefficient (Wildman–Crippen LogP) is 2.57. The molecule has 0 radical (unpaired) electrons. The average Bonchev–Trinajstić information content (AvgIpc) is 2.81. The van der Waals surface area contributed by atoms with Gasteiger partial charge >= 0.3 is 5.97 Å². The van der Waals surface area contributed by atoms with Gasteiger partial charge in [0.25, 0.3) is 0 Å². The molecule has 1 atom stereocenters. The largest absolute Gasteiger partial charge is 0.424 e. The van der Waals surface area contributed by atoms with Crippen molar-refractivity contribution in [3.8, 4) is 5.75 Å². The van der Waals surface area contributed by atoms with Crippen LogP contribution in [0.3, 0.4) is 0 Å². The van der Waals surface area contributed by atoms with E-state index in [1.807, 2.05) is 48.5 Å². The lowest BCUT2D eigenvalue weighted by Gasteiger charge is -2.32. The molecule has 3 nitrogen and oxygen atoms in total. The van der Waals surface area contributed by atoms with Gasteiger partial charge in [0.05, 0.1) is 6.61 Å². The second-order valence-electron chi connectivity index (χ2n) is 4.95. The van der Waals surface area contributed by atoms with Gasteiger partial charge in [0.1, 0.15) is 5.75 Å². The molecule has 0 N–H and O–H groups in total. The van der Waals surface area contributed by atoms with Crippen LogP contribution in [-0.2, 0) is 28.2 Å². The van der Waals surface area contributed by atoms with E-state index in [1.165, 1.54) is 0 Å². The van der Waals surface area contributed by atoms with E-state index in [4.69, 9.17) is 9.47 Å². The molecule has 0 bridgehead atoms. The number of ether oxygens (including phenoxy) is 2. The van der Waals surface area contributed by atoms with Crippen LogP contribution in [0.4, 0.5) is 0 Å². The summed E-state index contributed by atoms with van der Waals surface area (Å²) in [5.74, 6) is 0.335. The molecule has 0 saturated carbocycles. The van der Waals surface area contributed by atoms with Crippen LogP contribution in [0.25, 0.3) is 0 Å². The Balaban J connectivity index is 1.88.